The summed E-state index contributed by atoms with van der Waals surface area (Å²) >= 11 is 0. The lowest BCUT2D eigenvalue weighted by atomic mass is 9.98. The molecule has 0 saturated heterocycles. The van der Waals surface area contributed by atoms with Gasteiger partial charge < -0.3 is 9.84 Å². The number of aliphatic carboxylic acids is 1. The van der Waals surface area contributed by atoms with Crippen molar-refractivity contribution in [2.75, 3.05) is 13.2 Å². The van der Waals surface area contributed by atoms with E-state index in [4.69, 9.17) is 9.84 Å². The summed E-state index contributed by atoms with van der Waals surface area (Å²) in [5.41, 5.74) is 4.58. The third kappa shape index (κ3) is 4.65. The van der Waals surface area contributed by atoms with Gasteiger partial charge in [0.15, 0.2) is 0 Å². The summed E-state index contributed by atoms with van der Waals surface area (Å²) in [6, 6.07) is 16.2. The van der Waals surface area contributed by atoms with E-state index in [-0.39, 0.29) is 18.9 Å². The SMILES string of the molecule is O=C(O)CCCCN=[N+]=NC(=O)OCC1c2ccccc2-c2ccccc21. The minimum atomic E-state index is -0.838. The van der Waals surface area contributed by atoms with Crippen molar-refractivity contribution in [1.29, 1.82) is 0 Å². The number of carboxylic acids is 1. The smallest absolute Gasteiger partial charge is 0.481 e. The number of hydrogen-bond acceptors (Lipinski definition) is 4. The second-order valence-corrected chi connectivity index (χ2v) is 6.21. The van der Waals surface area contributed by atoms with Crippen LogP contribution < -0.4 is 4.91 Å². The molecule has 1 N–H and O–H groups in total. The van der Waals surface area contributed by atoms with Crippen molar-refractivity contribution in [3.05, 3.63) is 59.7 Å². The number of nitrogens with zero attached hydrogens (tertiary/aromatic N) is 3. The van der Waals surface area contributed by atoms with Crippen LogP contribution in [0.25, 0.3) is 11.1 Å². The third-order valence-corrected chi connectivity index (χ3v) is 4.42. The first-order valence-electron chi connectivity index (χ1n) is 8.81. The van der Waals surface area contributed by atoms with Gasteiger partial charge in [-0.1, -0.05) is 48.5 Å². The number of rotatable bonds is 7. The van der Waals surface area contributed by atoms with Gasteiger partial charge in [0, 0.05) is 12.3 Å². The number of fused-ring (bicyclic) bond motifs is 3. The molecular weight excluding hydrogens is 346 g/mol. The van der Waals surface area contributed by atoms with Crippen molar-refractivity contribution < 1.29 is 19.4 Å². The maximum Gasteiger partial charge on any atom is 0.512 e. The number of carbonyl (C=O) groups excluding carboxylic acids is 1. The van der Waals surface area contributed by atoms with Crippen LogP contribution in [-0.2, 0) is 9.53 Å². The molecule has 1 aliphatic carbocycles. The van der Waals surface area contributed by atoms with Crippen LogP contribution in [0.3, 0.4) is 0 Å². The van der Waals surface area contributed by atoms with Crippen molar-refractivity contribution >= 4 is 12.1 Å². The van der Waals surface area contributed by atoms with Crippen molar-refractivity contribution in [1.82, 2.24) is 4.91 Å². The molecule has 1 amide bonds. The highest BCUT2D eigenvalue weighted by Gasteiger charge is 2.29. The lowest BCUT2D eigenvalue weighted by Gasteiger charge is -2.11. The molecule has 0 aromatic heterocycles. The fraction of sp³-hybridized carbons (Fsp3) is 0.300. The number of benzene rings is 2. The van der Waals surface area contributed by atoms with Gasteiger partial charge in [-0.3, -0.25) is 4.79 Å². The minimum absolute atomic E-state index is 0.0236. The summed E-state index contributed by atoms with van der Waals surface area (Å²) in [5, 5.41) is 15.7. The van der Waals surface area contributed by atoms with E-state index in [0.717, 1.165) is 22.3 Å². The van der Waals surface area contributed by atoms with Crippen LogP contribution >= 0.6 is 0 Å². The first kappa shape index (κ1) is 18.5. The fourth-order valence-electron chi connectivity index (χ4n) is 3.19. The highest BCUT2D eigenvalue weighted by atomic mass is 16.5. The molecule has 0 aliphatic heterocycles. The van der Waals surface area contributed by atoms with E-state index in [0.29, 0.717) is 19.4 Å². The maximum absolute atomic E-state index is 11.8. The predicted molar refractivity (Wildman–Crippen MR) is 98.4 cm³/mol. The molecule has 3 rings (SSSR count). The topological polar surface area (TPSA) is 102 Å². The van der Waals surface area contributed by atoms with Crippen LogP contribution in [0.5, 0.6) is 0 Å². The molecule has 7 nitrogen and oxygen atoms in total. The molecule has 7 heteroatoms. The van der Waals surface area contributed by atoms with Gasteiger partial charge in [0.25, 0.3) is 0 Å². The molecule has 27 heavy (non-hydrogen) atoms. The molecule has 0 spiro atoms. The highest BCUT2D eigenvalue weighted by Crippen LogP contribution is 2.44. The molecule has 0 radical (unpaired) electrons. The Bertz CT molecular complexity index is 858. The van der Waals surface area contributed by atoms with Crippen LogP contribution in [-0.4, -0.2) is 30.3 Å². The zero-order valence-electron chi connectivity index (χ0n) is 14.7. The number of hydrogen-bond donors (Lipinski definition) is 1. The van der Waals surface area contributed by atoms with Gasteiger partial charge in [0.2, 0.25) is 10.0 Å². The van der Waals surface area contributed by atoms with Crippen LogP contribution in [0.15, 0.2) is 58.8 Å². The summed E-state index contributed by atoms with van der Waals surface area (Å²) < 4.78 is 5.26. The first-order chi connectivity index (χ1) is 13.2. The van der Waals surface area contributed by atoms with Gasteiger partial charge in [0.1, 0.15) is 18.3 Å². The average Bonchev–Trinajstić information content (AvgIpc) is 2.99. The monoisotopic (exact) mass is 366 g/mol. The van der Waals surface area contributed by atoms with E-state index in [1.807, 2.05) is 36.4 Å². The number of ether oxygens (including phenoxy) is 1. The third-order valence-electron chi connectivity index (χ3n) is 4.42. The first-order valence-corrected chi connectivity index (χ1v) is 8.81. The zero-order chi connectivity index (χ0) is 19.1. The Morgan fingerprint density at radius 3 is 2.26 bits per heavy atom. The van der Waals surface area contributed by atoms with Crippen LogP contribution in [0.2, 0.25) is 0 Å². The largest absolute Gasteiger partial charge is 0.512 e. The second-order valence-electron chi connectivity index (χ2n) is 6.21. The molecule has 138 valence electrons. The maximum atomic E-state index is 11.8. The van der Waals surface area contributed by atoms with E-state index in [2.05, 4.69) is 27.3 Å². The van der Waals surface area contributed by atoms with Crippen molar-refractivity contribution in [2.24, 2.45) is 10.2 Å². The molecule has 1 aliphatic rings. The lowest BCUT2D eigenvalue weighted by molar-refractivity contribution is -0.137. The van der Waals surface area contributed by atoms with Crippen LogP contribution in [0, 0.1) is 0 Å². The minimum Gasteiger partial charge on any atom is -0.481 e. The van der Waals surface area contributed by atoms with Gasteiger partial charge in [-0.2, -0.15) is 0 Å². The molecule has 0 unspecified atom stereocenters. The molecular formula is C20H20N3O4+. The van der Waals surface area contributed by atoms with Crippen LogP contribution in [0.4, 0.5) is 4.79 Å². The quantitative estimate of drug-likeness (QED) is 0.451. The van der Waals surface area contributed by atoms with Crippen molar-refractivity contribution in [2.45, 2.75) is 25.2 Å². The Hall–Kier alpha value is -3.31. The number of unbranched alkanes of at least 4 members (excludes halogenated alkanes) is 1. The second kappa shape index (κ2) is 8.87. The standard InChI is InChI=1S/C20H19N3O4/c24-19(25)11-5-6-12-21-23-22-20(26)27-13-18-16-9-3-1-7-14(16)15-8-2-4-10-17(15)18/h1-4,7-10,18H,5-6,11-13H2/p+1. The molecule has 0 atom stereocenters. The normalized spacial score (nSPS) is 11.9. The van der Waals surface area contributed by atoms with E-state index in [9.17, 15) is 9.59 Å². The Kier molecular flexibility index (Phi) is 6.07. The van der Waals surface area contributed by atoms with Gasteiger partial charge >= 0.3 is 12.1 Å². The summed E-state index contributed by atoms with van der Waals surface area (Å²) in [6.07, 6.45) is 0.403. The average molecular weight is 366 g/mol. The van der Waals surface area contributed by atoms with Crippen LogP contribution in [0.1, 0.15) is 36.3 Å². The van der Waals surface area contributed by atoms with Crippen molar-refractivity contribution in [3.8, 4) is 11.1 Å². The number of carbonyl (C=O) groups is 2. The Labute approximate surface area is 156 Å². The summed E-state index contributed by atoms with van der Waals surface area (Å²) in [4.78, 5) is 25.6. The molecule has 2 aromatic rings. The van der Waals surface area contributed by atoms with Gasteiger partial charge in [0.05, 0.1) is 0 Å². The predicted octanol–water partition coefficient (Wildman–Crippen LogP) is 4.16. The molecule has 0 saturated carbocycles. The molecule has 0 fully saturated rings. The molecule has 0 heterocycles. The Morgan fingerprint density at radius 1 is 1.00 bits per heavy atom. The zero-order valence-corrected chi connectivity index (χ0v) is 14.7. The van der Waals surface area contributed by atoms with Gasteiger partial charge in [-0.15, -0.1) is 0 Å². The molecule has 2 aromatic carbocycles. The number of amides is 1. The van der Waals surface area contributed by atoms with E-state index in [1.165, 1.54) is 0 Å². The fourth-order valence-corrected chi connectivity index (χ4v) is 3.19. The summed E-state index contributed by atoms with van der Waals surface area (Å²) in [6.45, 7) is 0.512. The highest BCUT2D eigenvalue weighted by molar-refractivity contribution is 5.79. The lowest BCUT2D eigenvalue weighted by Crippen LogP contribution is -2.10. The summed E-state index contributed by atoms with van der Waals surface area (Å²) in [5.74, 6) is -0.861. The van der Waals surface area contributed by atoms with Gasteiger partial charge in [-0.05, 0) is 35.1 Å². The summed E-state index contributed by atoms with van der Waals surface area (Å²) in [7, 11) is 0. The molecule has 0 bridgehead atoms. The van der Waals surface area contributed by atoms with E-state index >= 15 is 0 Å². The van der Waals surface area contributed by atoms with Gasteiger partial charge in [-0.25, -0.2) is 4.79 Å². The van der Waals surface area contributed by atoms with E-state index in [1.54, 1.807) is 0 Å². The Morgan fingerprint density at radius 2 is 1.63 bits per heavy atom. The van der Waals surface area contributed by atoms with E-state index < -0.39 is 12.1 Å². The Balaban J connectivity index is 1.55. The van der Waals surface area contributed by atoms with Crippen molar-refractivity contribution in [3.63, 3.8) is 0 Å². The number of carboxylic acid groups (broad SMARTS) is 1.